The van der Waals surface area contributed by atoms with Gasteiger partial charge in [0.05, 0.1) is 12.7 Å². The van der Waals surface area contributed by atoms with Crippen molar-refractivity contribution in [1.29, 1.82) is 0 Å². The normalized spacial score (nSPS) is 11.1. The third-order valence-corrected chi connectivity index (χ3v) is 2.35. The van der Waals surface area contributed by atoms with Gasteiger partial charge in [0.1, 0.15) is 5.75 Å². The standard InChI is InChI=1S/C13H19NO3/c1-9-5-6-10(7-11(9)17-4)12(15)14-8-13(2,3)16/h5-7,16H,8H2,1-4H3,(H,14,15). The van der Waals surface area contributed by atoms with Crippen LogP contribution in [0.1, 0.15) is 29.8 Å². The molecule has 0 aliphatic rings. The van der Waals surface area contributed by atoms with E-state index in [9.17, 15) is 9.90 Å². The second-order valence-electron chi connectivity index (χ2n) is 4.68. The molecule has 0 atom stereocenters. The SMILES string of the molecule is COc1cc(C(=O)NCC(C)(C)O)ccc1C. The summed E-state index contributed by atoms with van der Waals surface area (Å²) in [6.07, 6.45) is 0. The van der Waals surface area contributed by atoms with Crippen molar-refractivity contribution in [3.05, 3.63) is 29.3 Å². The van der Waals surface area contributed by atoms with Gasteiger partial charge in [0, 0.05) is 12.1 Å². The van der Waals surface area contributed by atoms with Gasteiger partial charge >= 0.3 is 0 Å². The highest BCUT2D eigenvalue weighted by Crippen LogP contribution is 2.18. The minimum atomic E-state index is -0.912. The van der Waals surface area contributed by atoms with Crippen LogP contribution in [0.15, 0.2) is 18.2 Å². The fourth-order valence-corrected chi connectivity index (χ4v) is 1.36. The van der Waals surface area contributed by atoms with E-state index in [0.717, 1.165) is 5.56 Å². The molecule has 0 heterocycles. The van der Waals surface area contributed by atoms with Crippen LogP contribution in [-0.4, -0.2) is 30.3 Å². The van der Waals surface area contributed by atoms with Crippen LogP contribution in [0.25, 0.3) is 0 Å². The molecule has 0 fully saturated rings. The van der Waals surface area contributed by atoms with Gasteiger partial charge in [-0.05, 0) is 38.5 Å². The molecule has 1 rings (SSSR count). The molecule has 0 bridgehead atoms. The fraction of sp³-hybridized carbons (Fsp3) is 0.462. The van der Waals surface area contributed by atoms with E-state index < -0.39 is 5.60 Å². The highest BCUT2D eigenvalue weighted by molar-refractivity contribution is 5.94. The van der Waals surface area contributed by atoms with Crippen LogP contribution < -0.4 is 10.1 Å². The third-order valence-electron chi connectivity index (χ3n) is 2.35. The van der Waals surface area contributed by atoms with Gasteiger partial charge < -0.3 is 15.2 Å². The van der Waals surface area contributed by atoms with Crippen LogP contribution in [0.2, 0.25) is 0 Å². The molecule has 17 heavy (non-hydrogen) atoms. The average molecular weight is 237 g/mol. The summed E-state index contributed by atoms with van der Waals surface area (Å²) in [6, 6.07) is 5.25. The number of aliphatic hydroxyl groups is 1. The maximum absolute atomic E-state index is 11.8. The smallest absolute Gasteiger partial charge is 0.251 e. The third kappa shape index (κ3) is 4.07. The number of methoxy groups -OCH3 is 1. The maximum atomic E-state index is 11.8. The van der Waals surface area contributed by atoms with Crippen molar-refractivity contribution in [1.82, 2.24) is 5.32 Å². The summed E-state index contributed by atoms with van der Waals surface area (Å²) in [6.45, 7) is 5.41. The number of carbonyl (C=O) groups is 1. The number of hydrogen-bond donors (Lipinski definition) is 2. The number of amides is 1. The van der Waals surface area contributed by atoms with Crippen LogP contribution in [0.5, 0.6) is 5.75 Å². The van der Waals surface area contributed by atoms with Crippen molar-refractivity contribution < 1.29 is 14.6 Å². The van der Waals surface area contributed by atoms with E-state index in [2.05, 4.69) is 5.32 Å². The minimum absolute atomic E-state index is 0.210. The van der Waals surface area contributed by atoms with Crippen molar-refractivity contribution in [2.75, 3.05) is 13.7 Å². The quantitative estimate of drug-likeness (QED) is 0.834. The summed E-state index contributed by atoms with van der Waals surface area (Å²) in [5.74, 6) is 0.464. The summed E-state index contributed by atoms with van der Waals surface area (Å²) in [5.41, 5.74) is 0.591. The Labute approximate surface area is 102 Å². The van der Waals surface area contributed by atoms with Crippen molar-refractivity contribution in [2.24, 2.45) is 0 Å². The lowest BCUT2D eigenvalue weighted by Gasteiger charge is -2.17. The molecule has 0 radical (unpaired) electrons. The molecule has 0 spiro atoms. The summed E-state index contributed by atoms with van der Waals surface area (Å²) in [4.78, 5) is 11.8. The molecule has 1 amide bonds. The first kappa shape index (κ1) is 13.5. The number of carbonyl (C=O) groups excluding carboxylic acids is 1. The van der Waals surface area contributed by atoms with Gasteiger partial charge in [-0.3, -0.25) is 4.79 Å². The molecular formula is C13H19NO3. The Kier molecular flexibility index (Phi) is 4.12. The monoisotopic (exact) mass is 237 g/mol. The molecule has 0 saturated carbocycles. The van der Waals surface area contributed by atoms with Crippen molar-refractivity contribution in [2.45, 2.75) is 26.4 Å². The number of benzene rings is 1. The van der Waals surface area contributed by atoms with Gasteiger partial charge in [0.2, 0.25) is 0 Å². The molecule has 1 aromatic carbocycles. The lowest BCUT2D eigenvalue weighted by atomic mass is 10.1. The van der Waals surface area contributed by atoms with Crippen LogP contribution >= 0.6 is 0 Å². The van der Waals surface area contributed by atoms with Crippen LogP contribution in [0.3, 0.4) is 0 Å². The second-order valence-corrected chi connectivity index (χ2v) is 4.68. The number of hydrogen-bond acceptors (Lipinski definition) is 3. The molecule has 1 aromatic rings. The fourth-order valence-electron chi connectivity index (χ4n) is 1.36. The van der Waals surface area contributed by atoms with Gasteiger partial charge in [0.15, 0.2) is 0 Å². The molecule has 4 heteroatoms. The molecule has 0 unspecified atom stereocenters. The van der Waals surface area contributed by atoms with Crippen LogP contribution in [0.4, 0.5) is 0 Å². The van der Waals surface area contributed by atoms with E-state index in [1.165, 1.54) is 0 Å². The Morgan fingerprint density at radius 1 is 1.47 bits per heavy atom. The Morgan fingerprint density at radius 2 is 2.12 bits per heavy atom. The number of ether oxygens (including phenoxy) is 1. The highest BCUT2D eigenvalue weighted by Gasteiger charge is 2.15. The Morgan fingerprint density at radius 3 is 2.65 bits per heavy atom. The average Bonchev–Trinajstić information content (AvgIpc) is 2.25. The first-order valence-corrected chi connectivity index (χ1v) is 5.49. The predicted octanol–water partition coefficient (Wildman–Crippen LogP) is 1.50. The van der Waals surface area contributed by atoms with Gasteiger partial charge in [-0.1, -0.05) is 6.07 Å². The molecule has 94 valence electrons. The topological polar surface area (TPSA) is 58.6 Å². The van der Waals surface area contributed by atoms with E-state index in [1.807, 2.05) is 13.0 Å². The Balaban J connectivity index is 2.76. The summed E-state index contributed by atoms with van der Waals surface area (Å²) in [5, 5.41) is 12.2. The molecule has 0 aliphatic heterocycles. The minimum Gasteiger partial charge on any atom is -0.496 e. The molecule has 2 N–H and O–H groups in total. The van der Waals surface area contributed by atoms with Gasteiger partial charge in [-0.15, -0.1) is 0 Å². The lowest BCUT2D eigenvalue weighted by Crippen LogP contribution is -2.38. The molecular weight excluding hydrogens is 218 g/mol. The van der Waals surface area contributed by atoms with Gasteiger partial charge in [-0.2, -0.15) is 0 Å². The van der Waals surface area contributed by atoms with E-state index >= 15 is 0 Å². The molecule has 0 saturated heterocycles. The zero-order chi connectivity index (χ0) is 13.1. The first-order valence-electron chi connectivity index (χ1n) is 5.49. The molecule has 4 nitrogen and oxygen atoms in total. The Bertz CT molecular complexity index is 408. The summed E-state index contributed by atoms with van der Waals surface area (Å²) < 4.78 is 5.15. The van der Waals surface area contributed by atoms with Crippen molar-refractivity contribution in [3.63, 3.8) is 0 Å². The van der Waals surface area contributed by atoms with Crippen LogP contribution in [0, 0.1) is 6.92 Å². The zero-order valence-corrected chi connectivity index (χ0v) is 10.7. The highest BCUT2D eigenvalue weighted by atomic mass is 16.5. The lowest BCUT2D eigenvalue weighted by molar-refractivity contribution is 0.0694. The summed E-state index contributed by atoms with van der Waals surface area (Å²) in [7, 11) is 1.57. The number of rotatable bonds is 4. The van der Waals surface area contributed by atoms with Crippen molar-refractivity contribution in [3.8, 4) is 5.75 Å². The van der Waals surface area contributed by atoms with Gasteiger partial charge in [-0.25, -0.2) is 0 Å². The van der Waals surface area contributed by atoms with E-state index in [0.29, 0.717) is 11.3 Å². The zero-order valence-electron chi connectivity index (χ0n) is 10.7. The van der Waals surface area contributed by atoms with E-state index in [4.69, 9.17) is 4.74 Å². The second kappa shape index (κ2) is 5.19. The summed E-state index contributed by atoms with van der Waals surface area (Å²) >= 11 is 0. The molecule has 0 aliphatic carbocycles. The largest absolute Gasteiger partial charge is 0.496 e. The number of aryl methyl sites for hydroxylation is 1. The first-order chi connectivity index (χ1) is 7.83. The van der Waals surface area contributed by atoms with E-state index in [1.54, 1.807) is 33.1 Å². The molecule has 0 aromatic heterocycles. The predicted molar refractivity (Wildman–Crippen MR) is 66.4 cm³/mol. The maximum Gasteiger partial charge on any atom is 0.251 e. The van der Waals surface area contributed by atoms with Gasteiger partial charge in [0.25, 0.3) is 5.91 Å². The van der Waals surface area contributed by atoms with Crippen LogP contribution in [-0.2, 0) is 0 Å². The number of nitrogens with one attached hydrogen (secondary N) is 1. The Hall–Kier alpha value is -1.55. The van der Waals surface area contributed by atoms with Crippen molar-refractivity contribution >= 4 is 5.91 Å². The van der Waals surface area contributed by atoms with E-state index in [-0.39, 0.29) is 12.5 Å².